The van der Waals surface area contributed by atoms with Gasteiger partial charge in [-0.3, -0.25) is 0 Å². The van der Waals surface area contributed by atoms with Crippen molar-refractivity contribution in [2.75, 3.05) is 6.54 Å². The minimum atomic E-state index is -0.102. The zero-order chi connectivity index (χ0) is 12.1. The number of hydrogen-bond donors (Lipinski definition) is 1. The molecule has 1 nitrogen and oxygen atoms in total. The van der Waals surface area contributed by atoms with Crippen molar-refractivity contribution in [1.29, 1.82) is 0 Å². The second-order valence-corrected chi connectivity index (χ2v) is 4.25. The van der Waals surface area contributed by atoms with Crippen LogP contribution in [0.3, 0.4) is 0 Å². The molecule has 0 aliphatic carbocycles. The summed E-state index contributed by atoms with van der Waals surface area (Å²) < 4.78 is 14.0. The van der Waals surface area contributed by atoms with Crippen molar-refractivity contribution in [2.45, 2.75) is 33.2 Å². The summed E-state index contributed by atoms with van der Waals surface area (Å²) in [6.07, 6.45) is 0.772. The maximum atomic E-state index is 14.0. The number of aryl methyl sites for hydroxylation is 1. The molecule has 0 aliphatic rings. The first-order valence-corrected chi connectivity index (χ1v) is 5.69. The molecule has 0 saturated heterocycles. The van der Waals surface area contributed by atoms with Crippen LogP contribution in [0.2, 0.25) is 0 Å². The summed E-state index contributed by atoms with van der Waals surface area (Å²) in [5, 5.41) is 3.30. The zero-order valence-electron chi connectivity index (χ0n) is 10.3. The van der Waals surface area contributed by atoms with Crippen molar-refractivity contribution < 1.29 is 4.39 Å². The number of halogens is 1. The summed E-state index contributed by atoms with van der Waals surface area (Å²) in [5.74, 6) is -0.102. The highest BCUT2D eigenvalue weighted by Gasteiger charge is 2.15. The lowest BCUT2D eigenvalue weighted by Gasteiger charge is -2.19. The van der Waals surface area contributed by atoms with Gasteiger partial charge in [-0.05, 0) is 32.4 Å². The van der Waals surface area contributed by atoms with Crippen LogP contribution in [0.25, 0.3) is 0 Å². The summed E-state index contributed by atoms with van der Waals surface area (Å²) in [4.78, 5) is 0. The minimum Gasteiger partial charge on any atom is -0.310 e. The molecular weight excluding hydrogens is 201 g/mol. The Hall–Kier alpha value is -1.15. The number of rotatable bonds is 5. The summed E-state index contributed by atoms with van der Waals surface area (Å²) in [5.41, 5.74) is 2.50. The Morgan fingerprint density at radius 1 is 1.50 bits per heavy atom. The molecule has 1 atom stereocenters. The second-order valence-electron chi connectivity index (χ2n) is 4.25. The smallest absolute Gasteiger partial charge is 0.130 e. The molecule has 88 valence electrons. The van der Waals surface area contributed by atoms with Crippen LogP contribution in [0.5, 0.6) is 0 Å². The van der Waals surface area contributed by atoms with E-state index in [2.05, 4.69) is 11.9 Å². The van der Waals surface area contributed by atoms with E-state index in [1.165, 1.54) is 0 Å². The van der Waals surface area contributed by atoms with E-state index in [9.17, 15) is 4.39 Å². The van der Waals surface area contributed by atoms with Crippen LogP contribution >= 0.6 is 0 Å². The Balaban J connectivity index is 3.00. The van der Waals surface area contributed by atoms with E-state index in [0.717, 1.165) is 24.1 Å². The molecule has 1 N–H and O–H groups in total. The Kier molecular flexibility index (Phi) is 4.69. The molecule has 0 spiro atoms. The highest BCUT2D eigenvalue weighted by atomic mass is 19.1. The van der Waals surface area contributed by atoms with Gasteiger partial charge in [0, 0.05) is 11.6 Å². The van der Waals surface area contributed by atoms with Crippen LogP contribution < -0.4 is 5.32 Å². The van der Waals surface area contributed by atoms with Crippen molar-refractivity contribution >= 4 is 0 Å². The Morgan fingerprint density at radius 2 is 2.19 bits per heavy atom. The number of nitrogens with one attached hydrogen (secondary N) is 1. The van der Waals surface area contributed by atoms with Gasteiger partial charge in [-0.15, -0.1) is 6.58 Å². The van der Waals surface area contributed by atoms with Crippen molar-refractivity contribution in [3.63, 3.8) is 0 Å². The first kappa shape index (κ1) is 12.9. The van der Waals surface area contributed by atoms with Gasteiger partial charge < -0.3 is 5.32 Å². The molecule has 1 rings (SSSR count). The standard InChI is InChI=1S/C14H20FN/c1-5-16-13(9-10(2)3)12-8-6-7-11(4)14(12)15/h6-8,13,16H,2,5,9H2,1,3-4H3. The van der Waals surface area contributed by atoms with E-state index in [4.69, 9.17) is 0 Å². The Morgan fingerprint density at radius 3 is 2.75 bits per heavy atom. The Bertz CT molecular complexity index is 371. The molecule has 1 unspecified atom stereocenters. The quantitative estimate of drug-likeness (QED) is 0.747. The van der Waals surface area contributed by atoms with Crippen molar-refractivity contribution in [2.24, 2.45) is 0 Å². The third-order valence-corrected chi connectivity index (χ3v) is 2.60. The second kappa shape index (κ2) is 5.80. The van der Waals surface area contributed by atoms with E-state index in [-0.39, 0.29) is 11.9 Å². The molecule has 0 fully saturated rings. The predicted octanol–water partition coefficient (Wildman–Crippen LogP) is 3.75. The molecule has 1 aromatic rings. The van der Waals surface area contributed by atoms with Crippen molar-refractivity contribution in [3.8, 4) is 0 Å². The molecule has 0 radical (unpaired) electrons. The van der Waals surface area contributed by atoms with E-state index in [0.29, 0.717) is 5.56 Å². The molecule has 0 saturated carbocycles. The molecule has 0 aromatic heterocycles. The molecule has 16 heavy (non-hydrogen) atoms. The number of benzene rings is 1. The van der Waals surface area contributed by atoms with Crippen LogP contribution in [-0.2, 0) is 0 Å². The highest BCUT2D eigenvalue weighted by molar-refractivity contribution is 5.28. The van der Waals surface area contributed by atoms with Crippen molar-refractivity contribution in [3.05, 3.63) is 47.3 Å². The van der Waals surface area contributed by atoms with E-state index < -0.39 is 0 Å². The van der Waals surface area contributed by atoms with E-state index in [1.807, 2.05) is 26.0 Å². The van der Waals surface area contributed by atoms with Gasteiger partial charge in [0.2, 0.25) is 0 Å². The maximum absolute atomic E-state index is 14.0. The van der Waals surface area contributed by atoms with Gasteiger partial charge in [0.25, 0.3) is 0 Å². The molecule has 0 amide bonds. The van der Waals surface area contributed by atoms with E-state index in [1.54, 1.807) is 13.0 Å². The molecule has 0 aliphatic heterocycles. The fourth-order valence-electron chi connectivity index (χ4n) is 1.83. The monoisotopic (exact) mass is 221 g/mol. The van der Waals surface area contributed by atoms with Gasteiger partial charge in [-0.25, -0.2) is 4.39 Å². The van der Waals surface area contributed by atoms with Crippen LogP contribution in [0.15, 0.2) is 30.4 Å². The first-order chi connectivity index (χ1) is 7.56. The maximum Gasteiger partial charge on any atom is 0.130 e. The van der Waals surface area contributed by atoms with Gasteiger partial charge in [-0.1, -0.05) is 30.7 Å². The SMILES string of the molecule is C=C(C)CC(NCC)c1cccc(C)c1F. The lowest BCUT2D eigenvalue weighted by Crippen LogP contribution is -2.22. The summed E-state index contributed by atoms with van der Waals surface area (Å²) in [7, 11) is 0. The summed E-state index contributed by atoms with van der Waals surface area (Å²) >= 11 is 0. The average Bonchev–Trinajstić information content (AvgIpc) is 2.21. The van der Waals surface area contributed by atoms with Gasteiger partial charge in [0.1, 0.15) is 5.82 Å². The molecule has 0 bridgehead atoms. The first-order valence-electron chi connectivity index (χ1n) is 5.69. The van der Waals surface area contributed by atoms with Crippen LogP contribution in [-0.4, -0.2) is 6.54 Å². The van der Waals surface area contributed by atoms with Crippen molar-refractivity contribution in [1.82, 2.24) is 5.32 Å². The lowest BCUT2D eigenvalue weighted by molar-refractivity contribution is 0.506. The van der Waals surface area contributed by atoms with Gasteiger partial charge in [0.15, 0.2) is 0 Å². The Labute approximate surface area is 97.4 Å². The van der Waals surface area contributed by atoms with Gasteiger partial charge in [0.05, 0.1) is 0 Å². The highest BCUT2D eigenvalue weighted by Crippen LogP contribution is 2.24. The normalized spacial score (nSPS) is 12.5. The molecule has 1 aromatic carbocycles. The summed E-state index contributed by atoms with van der Waals surface area (Å²) in [6.45, 7) is 10.5. The van der Waals surface area contributed by atoms with Crippen LogP contribution in [0.1, 0.15) is 37.4 Å². The lowest BCUT2D eigenvalue weighted by atomic mass is 9.98. The minimum absolute atomic E-state index is 0.0300. The third-order valence-electron chi connectivity index (χ3n) is 2.60. The fraction of sp³-hybridized carbons (Fsp3) is 0.429. The number of hydrogen-bond acceptors (Lipinski definition) is 1. The zero-order valence-corrected chi connectivity index (χ0v) is 10.3. The molecule has 2 heteroatoms. The van der Waals surface area contributed by atoms with Gasteiger partial charge in [-0.2, -0.15) is 0 Å². The largest absolute Gasteiger partial charge is 0.310 e. The fourth-order valence-corrected chi connectivity index (χ4v) is 1.83. The average molecular weight is 221 g/mol. The molecular formula is C14H20FN. The van der Waals surface area contributed by atoms with Gasteiger partial charge >= 0.3 is 0 Å². The summed E-state index contributed by atoms with van der Waals surface area (Å²) in [6, 6.07) is 5.57. The molecule has 0 heterocycles. The topological polar surface area (TPSA) is 12.0 Å². The van der Waals surface area contributed by atoms with E-state index >= 15 is 0 Å². The third kappa shape index (κ3) is 3.17. The van der Waals surface area contributed by atoms with Crippen LogP contribution in [0.4, 0.5) is 4.39 Å². The predicted molar refractivity (Wildman–Crippen MR) is 67.0 cm³/mol. The van der Waals surface area contributed by atoms with Crippen LogP contribution in [0, 0.1) is 12.7 Å².